The molecule has 0 radical (unpaired) electrons. The first kappa shape index (κ1) is 19.0. The van der Waals surface area contributed by atoms with Gasteiger partial charge in [-0.05, 0) is 42.8 Å². The van der Waals surface area contributed by atoms with E-state index < -0.39 is 0 Å². The number of carbonyl (C=O) groups excluding carboxylic acids is 1. The van der Waals surface area contributed by atoms with Crippen LogP contribution in [0.25, 0.3) is 0 Å². The third-order valence-corrected chi connectivity index (χ3v) is 3.84. The second-order valence-electron chi connectivity index (χ2n) is 6.23. The van der Waals surface area contributed by atoms with Crippen molar-refractivity contribution < 1.29 is 14.3 Å². The number of rotatable bonds is 7. The van der Waals surface area contributed by atoms with Gasteiger partial charge in [0, 0.05) is 5.70 Å². The first-order valence-electron chi connectivity index (χ1n) is 8.21. The Labute approximate surface area is 154 Å². The van der Waals surface area contributed by atoms with Crippen molar-refractivity contribution in [2.45, 2.75) is 26.8 Å². The zero-order valence-corrected chi connectivity index (χ0v) is 15.6. The molecular formula is C19H24N2O3S. The van der Waals surface area contributed by atoms with Gasteiger partial charge in [0.15, 0.2) is 5.11 Å². The summed E-state index contributed by atoms with van der Waals surface area (Å²) in [5.41, 5.74) is 2.15. The van der Waals surface area contributed by atoms with Crippen molar-refractivity contribution in [3.8, 4) is 5.75 Å². The molecular weight excluding hydrogens is 336 g/mol. The Bertz CT molecular complexity index is 680. The van der Waals surface area contributed by atoms with Gasteiger partial charge in [-0.2, -0.15) is 0 Å². The van der Waals surface area contributed by atoms with Gasteiger partial charge < -0.3 is 20.1 Å². The minimum absolute atomic E-state index is 0.273. The SMILES string of the molecule is C=CCOc1ccc([C@@H]2NC(=S)NC(C)=C2C(=O)OCC(C)C)cc1. The molecule has 1 aromatic carbocycles. The van der Waals surface area contributed by atoms with Crippen molar-refractivity contribution in [2.75, 3.05) is 13.2 Å². The number of carbonyl (C=O) groups is 1. The van der Waals surface area contributed by atoms with Gasteiger partial charge in [0.05, 0.1) is 18.2 Å². The van der Waals surface area contributed by atoms with Crippen LogP contribution in [0.15, 0.2) is 48.2 Å². The summed E-state index contributed by atoms with van der Waals surface area (Å²) in [7, 11) is 0. The molecule has 1 aliphatic heterocycles. The van der Waals surface area contributed by atoms with Crippen LogP contribution < -0.4 is 15.4 Å². The highest BCUT2D eigenvalue weighted by Gasteiger charge is 2.31. The lowest BCUT2D eigenvalue weighted by Gasteiger charge is -2.30. The van der Waals surface area contributed by atoms with Gasteiger partial charge in [-0.1, -0.05) is 38.6 Å². The molecule has 0 saturated heterocycles. The van der Waals surface area contributed by atoms with E-state index in [1.165, 1.54) is 0 Å². The lowest BCUT2D eigenvalue weighted by Crippen LogP contribution is -2.45. The number of nitrogens with one attached hydrogen (secondary N) is 2. The highest BCUT2D eigenvalue weighted by molar-refractivity contribution is 7.80. The van der Waals surface area contributed by atoms with E-state index in [2.05, 4.69) is 17.2 Å². The van der Waals surface area contributed by atoms with Gasteiger partial charge in [-0.15, -0.1) is 0 Å². The molecule has 6 heteroatoms. The average Bonchev–Trinajstić information content (AvgIpc) is 2.57. The Morgan fingerprint density at radius 3 is 2.64 bits per heavy atom. The molecule has 2 rings (SSSR count). The van der Waals surface area contributed by atoms with E-state index in [-0.39, 0.29) is 17.9 Å². The standard InChI is InChI=1S/C19H24N2O3S/c1-5-10-23-15-8-6-14(7-9-15)17-16(13(4)20-19(25)21-17)18(22)24-11-12(2)3/h5-9,12,17H,1,10-11H2,2-4H3,(H2,20,21,25)/t17-/m0/s1. The van der Waals surface area contributed by atoms with Crippen molar-refractivity contribution >= 4 is 23.3 Å². The summed E-state index contributed by atoms with van der Waals surface area (Å²) in [6.07, 6.45) is 1.69. The molecule has 0 unspecified atom stereocenters. The second-order valence-corrected chi connectivity index (χ2v) is 6.64. The van der Waals surface area contributed by atoms with E-state index in [1.807, 2.05) is 45.0 Å². The molecule has 1 aliphatic rings. The van der Waals surface area contributed by atoms with Crippen LogP contribution >= 0.6 is 12.2 Å². The van der Waals surface area contributed by atoms with Crippen molar-refractivity contribution in [3.05, 3.63) is 53.8 Å². The van der Waals surface area contributed by atoms with E-state index in [0.29, 0.717) is 29.6 Å². The number of thiocarbonyl (C=S) groups is 1. The number of hydrogen-bond donors (Lipinski definition) is 2. The molecule has 0 spiro atoms. The summed E-state index contributed by atoms with van der Waals surface area (Å²) in [5.74, 6) is 0.672. The number of allylic oxidation sites excluding steroid dienone is 1. The quantitative estimate of drug-likeness (QED) is 0.442. The summed E-state index contributed by atoms with van der Waals surface area (Å²) in [5, 5.41) is 6.63. The lowest BCUT2D eigenvalue weighted by atomic mass is 9.95. The molecule has 5 nitrogen and oxygen atoms in total. The Hall–Kier alpha value is -2.34. The lowest BCUT2D eigenvalue weighted by molar-refractivity contribution is -0.140. The molecule has 1 atom stereocenters. The Morgan fingerprint density at radius 1 is 1.36 bits per heavy atom. The van der Waals surface area contributed by atoms with E-state index in [9.17, 15) is 4.79 Å². The van der Waals surface area contributed by atoms with E-state index in [0.717, 1.165) is 11.3 Å². The van der Waals surface area contributed by atoms with Crippen molar-refractivity contribution in [3.63, 3.8) is 0 Å². The van der Waals surface area contributed by atoms with Crippen molar-refractivity contribution in [1.29, 1.82) is 0 Å². The first-order chi connectivity index (χ1) is 11.9. The molecule has 0 aromatic heterocycles. The maximum Gasteiger partial charge on any atom is 0.338 e. The fraction of sp³-hybridized carbons (Fsp3) is 0.368. The molecule has 2 N–H and O–H groups in total. The van der Waals surface area contributed by atoms with Gasteiger partial charge in [0.1, 0.15) is 12.4 Å². The third kappa shape index (κ3) is 5.06. The molecule has 0 saturated carbocycles. The molecule has 0 amide bonds. The van der Waals surface area contributed by atoms with Crippen LogP contribution in [0.5, 0.6) is 5.75 Å². The zero-order chi connectivity index (χ0) is 18.4. The van der Waals surface area contributed by atoms with Crippen LogP contribution in [0.1, 0.15) is 32.4 Å². The summed E-state index contributed by atoms with van der Waals surface area (Å²) in [4.78, 5) is 12.6. The van der Waals surface area contributed by atoms with Crippen LogP contribution in [0.2, 0.25) is 0 Å². The molecule has 0 fully saturated rings. The van der Waals surface area contributed by atoms with Crippen molar-refractivity contribution in [2.24, 2.45) is 5.92 Å². The highest BCUT2D eigenvalue weighted by atomic mass is 32.1. The Morgan fingerprint density at radius 2 is 2.04 bits per heavy atom. The summed E-state index contributed by atoms with van der Waals surface area (Å²) in [6.45, 7) is 10.3. The maximum absolute atomic E-state index is 12.6. The smallest absolute Gasteiger partial charge is 0.338 e. The van der Waals surface area contributed by atoms with E-state index in [1.54, 1.807) is 6.08 Å². The summed E-state index contributed by atoms with van der Waals surface area (Å²) >= 11 is 5.24. The minimum Gasteiger partial charge on any atom is -0.490 e. The number of hydrogen-bond acceptors (Lipinski definition) is 4. The number of ether oxygens (including phenoxy) is 2. The van der Waals surface area contributed by atoms with Crippen molar-refractivity contribution in [1.82, 2.24) is 10.6 Å². The fourth-order valence-electron chi connectivity index (χ4n) is 2.45. The predicted octanol–water partition coefficient (Wildman–Crippen LogP) is 3.24. The normalized spacial score (nSPS) is 17.0. The second kappa shape index (κ2) is 8.67. The van der Waals surface area contributed by atoms with Crippen LogP contribution in [0.4, 0.5) is 0 Å². The minimum atomic E-state index is -0.359. The van der Waals surface area contributed by atoms with Gasteiger partial charge in [0.2, 0.25) is 0 Å². The predicted molar refractivity (Wildman–Crippen MR) is 102 cm³/mol. The molecule has 0 aliphatic carbocycles. The van der Waals surface area contributed by atoms with Gasteiger partial charge in [0.25, 0.3) is 0 Å². The monoisotopic (exact) mass is 360 g/mol. The molecule has 0 bridgehead atoms. The first-order valence-corrected chi connectivity index (χ1v) is 8.62. The highest BCUT2D eigenvalue weighted by Crippen LogP contribution is 2.29. The van der Waals surface area contributed by atoms with Crippen LogP contribution in [-0.4, -0.2) is 24.3 Å². The third-order valence-electron chi connectivity index (χ3n) is 3.62. The largest absolute Gasteiger partial charge is 0.490 e. The fourth-order valence-corrected chi connectivity index (χ4v) is 2.72. The van der Waals surface area contributed by atoms with Crippen LogP contribution in [-0.2, 0) is 9.53 Å². The molecule has 134 valence electrons. The number of esters is 1. The van der Waals surface area contributed by atoms with E-state index in [4.69, 9.17) is 21.7 Å². The van der Waals surface area contributed by atoms with Gasteiger partial charge in [-0.3, -0.25) is 0 Å². The van der Waals surface area contributed by atoms with Gasteiger partial charge >= 0.3 is 5.97 Å². The molecule has 1 heterocycles. The molecule has 1 aromatic rings. The zero-order valence-electron chi connectivity index (χ0n) is 14.8. The molecule has 25 heavy (non-hydrogen) atoms. The summed E-state index contributed by atoms with van der Waals surface area (Å²) < 4.78 is 10.9. The van der Waals surface area contributed by atoms with Crippen LogP contribution in [0, 0.1) is 5.92 Å². The topological polar surface area (TPSA) is 59.6 Å². The Kier molecular flexibility index (Phi) is 6.58. The maximum atomic E-state index is 12.6. The van der Waals surface area contributed by atoms with Gasteiger partial charge in [-0.25, -0.2) is 4.79 Å². The summed E-state index contributed by atoms with van der Waals surface area (Å²) in [6, 6.07) is 7.18. The average molecular weight is 360 g/mol. The van der Waals surface area contributed by atoms with Crippen LogP contribution in [0.3, 0.4) is 0 Å². The van der Waals surface area contributed by atoms with E-state index >= 15 is 0 Å². The Balaban J connectivity index is 2.25. The number of benzene rings is 1.